The molecule has 0 bridgehead atoms. The van der Waals surface area contributed by atoms with Gasteiger partial charge < -0.3 is 30.9 Å². The van der Waals surface area contributed by atoms with E-state index in [2.05, 4.69) is 26.6 Å². The molecule has 0 fully saturated rings. The Hall–Kier alpha value is -4.83. The van der Waals surface area contributed by atoms with Gasteiger partial charge in [-0.15, -0.1) is 0 Å². The van der Waals surface area contributed by atoms with E-state index in [0.717, 1.165) is 22.5 Å². The van der Waals surface area contributed by atoms with E-state index in [1.54, 1.807) is 37.4 Å². The summed E-state index contributed by atoms with van der Waals surface area (Å²) in [5.41, 5.74) is 9.62. The number of amides is 1. The molecule has 0 unspecified atom stereocenters. The van der Waals surface area contributed by atoms with E-state index in [4.69, 9.17) is 30.5 Å². The molecule has 4 aromatic carbocycles. The van der Waals surface area contributed by atoms with Crippen molar-refractivity contribution in [3.8, 4) is 11.5 Å². The lowest BCUT2D eigenvalue weighted by Gasteiger charge is -2.22. The van der Waals surface area contributed by atoms with Crippen LogP contribution in [0, 0.1) is 5.41 Å². The first-order valence-corrected chi connectivity index (χ1v) is 13.7. The zero-order valence-corrected chi connectivity index (χ0v) is 24.9. The first-order valence-electron chi connectivity index (χ1n) is 12.9. The lowest BCUT2D eigenvalue weighted by atomic mass is 10.0. The van der Waals surface area contributed by atoms with Gasteiger partial charge in [0.15, 0.2) is 11.5 Å². The molecule has 218 valence electrons. The second kappa shape index (κ2) is 15.8. The van der Waals surface area contributed by atoms with Crippen LogP contribution in [-0.2, 0) is 22.7 Å². The van der Waals surface area contributed by atoms with E-state index >= 15 is 0 Å². The number of carbonyl (C=O) groups excluding carboxylic acids is 1. The number of rotatable bonds is 11. The minimum atomic E-state index is -0.833. The van der Waals surface area contributed by atoms with Gasteiger partial charge in [0.05, 0.1) is 7.11 Å². The van der Waals surface area contributed by atoms with Crippen molar-refractivity contribution in [2.24, 2.45) is 5.73 Å². The molecule has 1 atom stereocenters. The Bertz CT molecular complexity index is 1490. The van der Waals surface area contributed by atoms with Gasteiger partial charge in [-0.25, -0.2) is 0 Å². The van der Waals surface area contributed by atoms with Crippen LogP contribution in [0.15, 0.2) is 102 Å². The van der Waals surface area contributed by atoms with Crippen molar-refractivity contribution in [1.29, 1.82) is 5.41 Å². The number of hydrogen-bond donors (Lipinski definition) is 5. The Kier molecular flexibility index (Phi) is 11.9. The predicted octanol–water partition coefficient (Wildman–Crippen LogP) is 5.88. The molecule has 1 amide bonds. The molecule has 9 nitrogen and oxygen atoms in total. The summed E-state index contributed by atoms with van der Waals surface area (Å²) in [4.78, 5) is 22.4. The van der Waals surface area contributed by atoms with Crippen molar-refractivity contribution in [3.63, 3.8) is 0 Å². The average molecular weight is 634 g/mol. The summed E-state index contributed by atoms with van der Waals surface area (Å²) in [5, 5.41) is 21.4. The average Bonchev–Trinajstić information content (AvgIpc) is 2.98. The summed E-state index contributed by atoms with van der Waals surface area (Å²) >= 11 is 3.48. The summed E-state index contributed by atoms with van der Waals surface area (Å²) in [6.07, 6.45) is 0. The molecule has 4 rings (SSSR count). The molecular weight excluding hydrogens is 600 g/mol. The minimum Gasteiger partial charge on any atom is -0.493 e. The highest BCUT2D eigenvalue weighted by Crippen LogP contribution is 2.32. The molecule has 0 heterocycles. The number of amidine groups is 1. The van der Waals surface area contributed by atoms with Crippen LogP contribution in [0.4, 0.5) is 5.69 Å². The van der Waals surface area contributed by atoms with E-state index in [1.807, 2.05) is 66.7 Å². The minimum absolute atomic E-state index is 0.0168. The molecule has 4 aromatic rings. The molecule has 42 heavy (non-hydrogen) atoms. The third kappa shape index (κ3) is 9.97. The topological polar surface area (TPSA) is 147 Å². The summed E-state index contributed by atoms with van der Waals surface area (Å²) in [6, 6.07) is 29.4. The van der Waals surface area contributed by atoms with E-state index in [0.29, 0.717) is 41.5 Å². The third-order valence-corrected chi connectivity index (χ3v) is 6.38. The highest BCUT2D eigenvalue weighted by molar-refractivity contribution is 9.10. The largest absolute Gasteiger partial charge is 0.493 e. The van der Waals surface area contributed by atoms with Gasteiger partial charge in [-0.05, 0) is 65.2 Å². The maximum Gasteiger partial charge on any atom is 0.300 e. The normalized spacial score (nSPS) is 10.8. The summed E-state index contributed by atoms with van der Waals surface area (Å²) in [5.74, 6) is 0.0452. The molecule has 0 saturated heterocycles. The zero-order chi connectivity index (χ0) is 30.5. The number of nitrogens with two attached hydrogens (primary N) is 1. The van der Waals surface area contributed by atoms with Crippen molar-refractivity contribution in [3.05, 3.63) is 124 Å². The van der Waals surface area contributed by atoms with Gasteiger partial charge in [0.25, 0.3) is 5.97 Å². The molecule has 0 aliphatic carbocycles. The van der Waals surface area contributed by atoms with Crippen molar-refractivity contribution in [1.82, 2.24) is 5.32 Å². The van der Waals surface area contributed by atoms with E-state index in [1.165, 1.54) is 0 Å². The molecule has 0 aliphatic rings. The number of anilines is 1. The Morgan fingerprint density at radius 1 is 0.929 bits per heavy atom. The fraction of sp³-hybridized carbons (Fsp3) is 0.156. The quantitative estimate of drug-likeness (QED) is 0.102. The number of aliphatic carboxylic acids is 1. The highest BCUT2D eigenvalue weighted by Gasteiger charge is 2.22. The Labute approximate surface area is 253 Å². The molecule has 6 N–H and O–H groups in total. The van der Waals surface area contributed by atoms with Gasteiger partial charge in [0.2, 0.25) is 5.91 Å². The molecular formula is C32H33BrN4O5. The standard InChI is InChI=1S/C30H29BrN4O3.C2H4O2/c1-37-27-17-23(12-15-26(27)38-19-21-8-5-9-24(31)16-21)28(30(36)34-18-20-6-3-2-4-7-20)35-25-13-10-22(11-14-25)29(32)33;1-2(3)4/h2-17,28,35H,18-19H2,1H3,(H3,32,33)(H,34,36);1H3,(H,3,4)/t28-;/m1./s1. The molecule has 0 aromatic heterocycles. The number of halogens is 1. The SMILES string of the molecule is CC(=O)O.COc1cc([C@@H](Nc2ccc(C(=N)N)cc2)C(=O)NCc2ccccc2)ccc1OCc1cccc(Br)c1. The van der Waals surface area contributed by atoms with Gasteiger partial charge in [0, 0.05) is 29.2 Å². The first-order chi connectivity index (χ1) is 20.2. The molecule has 10 heteroatoms. The molecule has 0 aliphatic heterocycles. The second-order valence-electron chi connectivity index (χ2n) is 9.12. The molecule has 0 radical (unpaired) electrons. The smallest absolute Gasteiger partial charge is 0.300 e. The van der Waals surface area contributed by atoms with Crippen molar-refractivity contribution in [2.45, 2.75) is 26.1 Å². The Morgan fingerprint density at radius 3 is 2.21 bits per heavy atom. The van der Waals surface area contributed by atoms with E-state index in [-0.39, 0.29) is 11.7 Å². The van der Waals surface area contributed by atoms with Crippen molar-refractivity contribution >= 4 is 39.3 Å². The van der Waals surface area contributed by atoms with Crippen LogP contribution in [-0.4, -0.2) is 29.9 Å². The summed E-state index contributed by atoms with van der Waals surface area (Å²) < 4.78 is 12.6. The highest BCUT2D eigenvalue weighted by atomic mass is 79.9. The lowest BCUT2D eigenvalue weighted by molar-refractivity contribution is -0.134. The van der Waals surface area contributed by atoms with Crippen molar-refractivity contribution < 1.29 is 24.2 Å². The lowest BCUT2D eigenvalue weighted by Crippen LogP contribution is -2.33. The third-order valence-electron chi connectivity index (χ3n) is 5.88. The van der Waals surface area contributed by atoms with Gasteiger partial charge in [-0.3, -0.25) is 15.0 Å². The molecule has 0 spiro atoms. The van der Waals surface area contributed by atoms with E-state index < -0.39 is 12.0 Å². The van der Waals surface area contributed by atoms with Crippen LogP contribution in [0.25, 0.3) is 0 Å². The Balaban J connectivity index is 0.00000114. The van der Waals surface area contributed by atoms with E-state index in [9.17, 15) is 4.79 Å². The molecule has 0 saturated carbocycles. The Morgan fingerprint density at radius 2 is 1.60 bits per heavy atom. The zero-order valence-electron chi connectivity index (χ0n) is 23.3. The van der Waals surface area contributed by atoms with Crippen LogP contribution in [0.5, 0.6) is 11.5 Å². The predicted molar refractivity (Wildman–Crippen MR) is 167 cm³/mol. The summed E-state index contributed by atoms with van der Waals surface area (Å²) in [7, 11) is 1.57. The second-order valence-corrected chi connectivity index (χ2v) is 10.0. The number of ether oxygens (including phenoxy) is 2. The van der Waals surface area contributed by atoms with Gasteiger partial charge >= 0.3 is 0 Å². The van der Waals surface area contributed by atoms with Crippen LogP contribution in [0.2, 0.25) is 0 Å². The van der Waals surface area contributed by atoms with Crippen molar-refractivity contribution in [2.75, 3.05) is 12.4 Å². The maximum atomic E-state index is 13.4. The van der Waals surface area contributed by atoms with Crippen LogP contribution < -0.4 is 25.8 Å². The number of nitrogen functional groups attached to an aromatic ring is 1. The van der Waals surface area contributed by atoms with Crippen LogP contribution in [0.3, 0.4) is 0 Å². The van der Waals surface area contributed by atoms with Gasteiger partial charge in [-0.2, -0.15) is 0 Å². The fourth-order valence-electron chi connectivity index (χ4n) is 3.87. The maximum absolute atomic E-state index is 13.4. The number of carboxylic acid groups (broad SMARTS) is 1. The number of benzene rings is 4. The number of methoxy groups -OCH3 is 1. The number of carboxylic acids is 1. The first kappa shape index (κ1) is 31.7. The van der Waals surface area contributed by atoms with Gasteiger partial charge in [-0.1, -0.05) is 64.5 Å². The monoisotopic (exact) mass is 632 g/mol. The van der Waals surface area contributed by atoms with Crippen LogP contribution in [0.1, 0.15) is 35.2 Å². The summed E-state index contributed by atoms with van der Waals surface area (Å²) in [6.45, 7) is 1.85. The fourth-order valence-corrected chi connectivity index (χ4v) is 4.32. The van der Waals surface area contributed by atoms with Gasteiger partial charge in [0.1, 0.15) is 18.5 Å². The van der Waals surface area contributed by atoms with Crippen LogP contribution >= 0.6 is 15.9 Å². The number of nitrogens with one attached hydrogen (secondary N) is 3. The number of carbonyl (C=O) groups is 2. The number of hydrogen-bond acceptors (Lipinski definition) is 6.